The van der Waals surface area contributed by atoms with Gasteiger partial charge in [0.15, 0.2) is 0 Å². The van der Waals surface area contributed by atoms with Crippen LogP contribution in [0.3, 0.4) is 0 Å². The second-order valence-corrected chi connectivity index (χ2v) is 9.65. The Balaban J connectivity index is 1.53. The van der Waals surface area contributed by atoms with Gasteiger partial charge in [-0.1, -0.05) is 30.0 Å². The molecule has 2 heterocycles. The number of nitrogens with zero attached hydrogens (tertiary/aromatic N) is 2. The summed E-state index contributed by atoms with van der Waals surface area (Å²) in [6.07, 6.45) is 3.97. The average molecular weight is 440 g/mol. The molecule has 5 nitrogen and oxygen atoms in total. The van der Waals surface area contributed by atoms with Crippen LogP contribution in [0.5, 0.6) is 0 Å². The third-order valence-electron chi connectivity index (χ3n) is 5.35. The number of rotatable bonds is 6. The molecule has 1 aliphatic rings. The molecule has 7 heteroatoms. The molecule has 1 aromatic carbocycles. The van der Waals surface area contributed by atoms with Crippen LogP contribution in [-0.4, -0.2) is 21.2 Å². The number of hydrogen-bond acceptors (Lipinski definition) is 5. The summed E-state index contributed by atoms with van der Waals surface area (Å²) >= 11 is 3.02. The number of benzene rings is 1. The normalized spacial score (nSPS) is 13.1. The maximum atomic E-state index is 12.8. The molecule has 0 saturated carbocycles. The van der Waals surface area contributed by atoms with E-state index in [-0.39, 0.29) is 17.3 Å². The van der Waals surface area contributed by atoms with E-state index >= 15 is 0 Å². The highest BCUT2D eigenvalue weighted by molar-refractivity contribution is 8.00. The summed E-state index contributed by atoms with van der Waals surface area (Å²) in [7, 11) is 0. The summed E-state index contributed by atoms with van der Waals surface area (Å²) in [4.78, 5) is 30.9. The lowest BCUT2D eigenvalue weighted by Crippen LogP contribution is -2.30. The Bertz CT molecular complexity index is 1120. The highest BCUT2D eigenvalue weighted by Gasteiger charge is 2.21. The van der Waals surface area contributed by atoms with Gasteiger partial charge < -0.3 is 5.32 Å². The van der Waals surface area contributed by atoms with Gasteiger partial charge in [-0.3, -0.25) is 9.36 Å². The molecular weight excluding hydrogens is 414 g/mol. The molecule has 156 valence electrons. The molecule has 0 bridgehead atoms. The van der Waals surface area contributed by atoms with Gasteiger partial charge in [0.1, 0.15) is 5.03 Å². The lowest BCUT2D eigenvalue weighted by atomic mass is 9.97. The van der Waals surface area contributed by atoms with Crippen LogP contribution in [0.2, 0.25) is 0 Å². The highest BCUT2D eigenvalue weighted by atomic mass is 32.2. The van der Waals surface area contributed by atoms with Crippen molar-refractivity contribution in [3.8, 4) is 0 Å². The number of amides is 1. The standard InChI is InChI=1S/C23H25N3O2S2/c1-15-9-10-16(2)19(12-15)24-21(27)14-30-22-18-7-3-4-8-20(18)26(23(28)25-22)13-17-6-5-11-29-17/h5-6,9-12H,3-4,7-8,13-14H2,1-2H3,(H,24,27). The summed E-state index contributed by atoms with van der Waals surface area (Å²) in [5.74, 6) is 0.157. The number of fused-ring (bicyclic) bond motifs is 1. The first-order valence-corrected chi connectivity index (χ1v) is 12.0. The largest absolute Gasteiger partial charge is 0.349 e. The van der Waals surface area contributed by atoms with Crippen LogP contribution < -0.4 is 11.0 Å². The number of aryl methyl sites for hydroxylation is 2. The van der Waals surface area contributed by atoms with Gasteiger partial charge in [-0.15, -0.1) is 11.3 Å². The number of nitrogens with one attached hydrogen (secondary N) is 1. The van der Waals surface area contributed by atoms with Crippen molar-refractivity contribution in [3.63, 3.8) is 0 Å². The van der Waals surface area contributed by atoms with Crippen LogP contribution in [-0.2, 0) is 24.2 Å². The molecule has 0 spiro atoms. The summed E-state index contributed by atoms with van der Waals surface area (Å²) < 4.78 is 1.82. The number of carbonyl (C=O) groups excluding carboxylic acids is 1. The molecule has 4 rings (SSSR count). The van der Waals surface area contributed by atoms with Crippen molar-refractivity contribution in [2.24, 2.45) is 0 Å². The molecule has 1 aliphatic carbocycles. The van der Waals surface area contributed by atoms with Crippen LogP contribution in [0.15, 0.2) is 45.5 Å². The summed E-state index contributed by atoms with van der Waals surface area (Å²) in [5.41, 5.74) is 4.98. The summed E-state index contributed by atoms with van der Waals surface area (Å²) in [6, 6.07) is 10.1. The van der Waals surface area contributed by atoms with Crippen LogP contribution in [0.4, 0.5) is 5.69 Å². The Hall–Kier alpha value is -2.38. The number of aromatic nitrogens is 2. The van der Waals surface area contributed by atoms with Crippen LogP contribution in [0, 0.1) is 13.8 Å². The minimum absolute atomic E-state index is 0.0807. The summed E-state index contributed by atoms with van der Waals surface area (Å²) in [5, 5.41) is 5.73. The van der Waals surface area contributed by atoms with Crippen LogP contribution in [0.1, 0.15) is 40.1 Å². The van der Waals surface area contributed by atoms with E-state index in [2.05, 4.69) is 10.3 Å². The van der Waals surface area contributed by atoms with E-state index in [0.717, 1.165) is 58.6 Å². The maximum Gasteiger partial charge on any atom is 0.349 e. The highest BCUT2D eigenvalue weighted by Crippen LogP contribution is 2.29. The fraction of sp³-hybridized carbons (Fsp3) is 0.348. The molecule has 0 aliphatic heterocycles. The number of anilines is 1. The Morgan fingerprint density at radius 1 is 1.23 bits per heavy atom. The average Bonchev–Trinajstić information content (AvgIpc) is 3.25. The second kappa shape index (κ2) is 9.18. The third kappa shape index (κ3) is 4.68. The van der Waals surface area contributed by atoms with Crippen LogP contribution in [0.25, 0.3) is 0 Å². The predicted molar refractivity (Wildman–Crippen MR) is 124 cm³/mol. The maximum absolute atomic E-state index is 12.8. The van der Waals surface area contributed by atoms with Gasteiger partial charge in [0.05, 0.1) is 12.3 Å². The first-order chi connectivity index (χ1) is 14.5. The molecule has 1 N–H and O–H groups in total. The quantitative estimate of drug-likeness (QED) is 0.451. The molecule has 0 fully saturated rings. The summed E-state index contributed by atoms with van der Waals surface area (Å²) in [6.45, 7) is 4.56. The Labute approximate surface area is 184 Å². The van der Waals surface area contributed by atoms with E-state index in [1.54, 1.807) is 11.3 Å². The van der Waals surface area contributed by atoms with E-state index < -0.39 is 0 Å². The first-order valence-electron chi connectivity index (χ1n) is 10.2. The van der Waals surface area contributed by atoms with Gasteiger partial charge in [0, 0.05) is 21.8 Å². The lowest BCUT2D eigenvalue weighted by Gasteiger charge is -2.22. The topological polar surface area (TPSA) is 64.0 Å². The van der Waals surface area contributed by atoms with E-state index in [1.807, 2.05) is 54.1 Å². The zero-order valence-electron chi connectivity index (χ0n) is 17.2. The number of thiophene rings is 1. The third-order valence-corrected chi connectivity index (χ3v) is 7.23. The smallest absolute Gasteiger partial charge is 0.325 e. The molecule has 3 aromatic rings. The molecular formula is C23H25N3O2S2. The number of hydrogen-bond donors (Lipinski definition) is 1. The first kappa shape index (κ1) is 20.9. The zero-order chi connectivity index (χ0) is 21.1. The minimum Gasteiger partial charge on any atom is -0.325 e. The Morgan fingerprint density at radius 3 is 2.87 bits per heavy atom. The van der Waals surface area contributed by atoms with Gasteiger partial charge in [-0.25, -0.2) is 4.79 Å². The van der Waals surface area contributed by atoms with Gasteiger partial charge >= 0.3 is 5.69 Å². The predicted octanol–water partition coefficient (Wildman–Crippen LogP) is 4.58. The minimum atomic E-state index is -0.221. The molecule has 0 saturated heterocycles. The monoisotopic (exact) mass is 439 g/mol. The molecule has 0 radical (unpaired) electrons. The van der Waals surface area contributed by atoms with Crippen molar-refractivity contribution >= 4 is 34.7 Å². The molecule has 0 atom stereocenters. The molecule has 0 unspecified atom stereocenters. The van der Waals surface area contributed by atoms with Crippen molar-refractivity contribution in [2.75, 3.05) is 11.1 Å². The van der Waals surface area contributed by atoms with E-state index in [1.165, 1.54) is 11.8 Å². The zero-order valence-corrected chi connectivity index (χ0v) is 18.9. The number of carbonyl (C=O) groups is 1. The van der Waals surface area contributed by atoms with Crippen molar-refractivity contribution in [2.45, 2.75) is 51.1 Å². The van der Waals surface area contributed by atoms with E-state index in [0.29, 0.717) is 11.6 Å². The molecule has 1 amide bonds. The lowest BCUT2D eigenvalue weighted by molar-refractivity contribution is -0.113. The second-order valence-electron chi connectivity index (χ2n) is 7.65. The Morgan fingerprint density at radius 2 is 2.07 bits per heavy atom. The van der Waals surface area contributed by atoms with Gasteiger partial charge in [-0.2, -0.15) is 4.98 Å². The SMILES string of the molecule is Cc1ccc(C)c(NC(=O)CSc2nc(=O)n(Cc3cccs3)c3c2CCCC3)c1. The molecule has 30 heavy (non-hydrogen) atoms. The van der Waals surface area contributed by atoms with Gasteiger partial charge in [0.25, 0.3) is 0 Å². The van der Waals surface area contributed by atoms with E-state index in [9.17, 15) is 9.59 Å². The van der Waals surface area contributed by atoms with Gasteiger partial charge in [-0.05, 0) is 68.2 Å². The fourth-order valence-corrected chi connectivity index (χ4v) is 5.35. The molecule has 2 aromatic heterocycles. The Kier molecular flexibility index (Phi) is 6.39. The van der Waals surface area contributed by atoms with E-state index in [4.69, 9.17) is 0 Å². The van der Waals surface area contributed by atoms with Crippen LogP contribution >= 0.6 is 23.1 Å². The van der Waals surface area contributed by atoms with Crippen molar-refractivity contribution in [3.05, 3.63) is 73.5 Å². The fourth-order valence-electron chi connectivity index (χ4n) is 3.78. The van der Waals surface area contributed by atoms with Gasteiger partial charge in [0.2, 0.25) is 5.91 Å². The number of thioether (sulfide) groups is 1. The van der Waals surface area contributed by atoms with Crippen molar-refractivity contribution < 1.29 is 4.79 Å². The van der Waals surface area contributed by atoms with Crippen molar-refractivity contribution in [1.82, 2.24) is 9.55 Å². The van der Waals surface area contributed by atoms with Crippen molar-refractivity contribution in [1.29, 1.82) is 0 Å².